The van der Waals surface area contributed by atoms with Crippen LogP contribution in [0.3, 0.4) is 0 Å². The maximum absolute atomic E-state index is 13.0. The van der Waals surface area contributed by atoms with Crippen molar-refractivity contribution in [1.82, 2.24) is 5.32 Å². The number of hydrogen-bond donors (Lipinski definition) is 1. The van der Waals surface area contributed by atoms with E-state index in [9.17, 15) is 9.18 Å². The molecule has 1 aliphatic rings. The summed E-state index contributed by atoms with van der Waals surface area (Å²) in [5.74, 6) is 0.315. The van der Waals surface area contributed by atoms with Crippen molar-refractivity contribution in [3.63, 3.8) is 0 Å². The van der Waals surface area contributed by atoms with E-state index in [2.05, 4.69) is 5.32 Å². The summed E-state index contributed by atoms with van der Waals surface area (Å²) in [5, 5.41) is 3.05. The van der Waals surface area contributed by atoms with Crippen molar-refractivity contribution >= 4 is 17.5 Å². The predicted molar refractivity (Wildman–Crippen MR) is 83.0 cm³/mol. The van der Waals surface area contributed by atoms with E-state index in [1.165, 1.54) is 12.1 Å². The van der Waals surface area contributed by atoms with Crippen molar-refractivity contribution < 1.29 is 13.9 Å². The monoisotopic (exact) mass is 319 g/mol. The zero-order chi connectivity index (χ0) is 15.7. The molecule has 0 radical (unpaired) electrons. The molecule has 0 bridgehead atoms. The second-order valence-electron chi connectivity index (χ2n) is 5.29. The van der Waals surface area contributed by atoms with Gasteiger partial charge >= 0.3 is 0 Å². The molecule has 22 heavy (non-hydrogen) atoms. The Kier molecular flexibility index (Phi) is 4.03. The molecule has 0 unspecified atom stereocenters. The van der Waals surface area contributed by atoms with Gasteiger partial charge in [-0.05, 0) is 36.2 Å². The number of ether oxygens (including phenoxy) is 1. The van der Waals surface area contributed by atoms with Crippen molar-refractivity contribution in [2.75, 3.05) is 7.11 Å². The molecular weight excluding hydrogens is 305 g/mol. The summed E-state index contributed by atoms with van der Waals surface area (Å²) in [5.41, 5.74) is 1.37. The molecule has 1 saturated carbocycles. The number of para-hydroxylation sites is 1. The lowest BCUT2D eigenvalue weighted by molar-refractivity contribution is 0.0950. The molecule has 2 atom stereocenters. The van der Waals surface area contributed by atoms with Crippen molar-refractivity contribution in [2.45, 2.75) is 18.4 Å². The highest BCUT2D eigenvalue weighted by atomic mass is 35.5. The number of benzene rings is 2. The smallest absolute Gasteiger partial charge is 0.253 e. The third-order valence-electron chi connectivity index (χ3n) is 3.82. The van der Waals surface area contributed by atoms with E-state index >= 15 is 0 Å². The van der Waals surface area contributed by atoms with Crippen LogP contribution < -0.4 is 10.1 Å². The molecule has 0 aromatic heterocycles. The van der Waals surface area contributed by atoms with E-state index in [4.69, 9.17) is 16.3 Å². The van der Waals surface area contributed by atoms with Crippen LogP contribution in [0, 0.1) is 5.82 Å². The highest BCUT2D eigenvalue weighted by Crippen LogP contribution is 2.44. The average molecular weight is 320 g/mol. The Balaban J connectivity index is 1.69. The number of hydrogen-bond acceptors (Lipinski definition) is 2. The van der Waals surface area contributed by atoms with Crippen LogP contribution in [0.4, 0.5) is 4.39 Å². The third-order valence-corrected chi connectivity index (χ3v) is 4.13. The van der Waals surface area contributed by atoms with Crippen LogP contribution in [0.25, 0.3) is 0 Å². The summed E-state index contributed by atoms with van der Waals surface area (Å²) >= 11 is 5.91. The van der Waals surface area contributed by atoms with Gasteiger partial charge in [-0.1, -0.05) is 29.8 Å². The van der Waals surface area contributed by atoms with Gasteiger partial charge in [-0.25, -0.2) is 4.39 Å². The maximum atomic E-state index is 13.0. The van der Waals surface area contributed by atoms with Crippen molar-refractivity contribution in [2.24, 2.45) is 0 Å². The number of nitrogens with one attached hydrogen (secondary N) is 1. The van der Waals surface area contributed by atoms with Gasteiger partial charge in [0, 0.05) is 12.0 Å². The molecule has 3 nitrogen and oxygen atoms in total. The van der Waals surface area contributed by atoms with E-state index in [0.717, 1.165) is 23.8 Å². The zero-order valence-corrected chi connectivity index (χ0v) is 12.7. The van der Waals surface area contributed by atoms with Gasteiger partial charge in [-0.3, -0.25) is 4.79 Å². The Morgan fingerprint density at radius 1 is 1.32 bits per heavy atom. The Labute approximate surface area is 133 Å². The summed E-state index contributed by atoms with van der Waals surface area (Å²) in [6, 6.07) is 11.6. The lowest BCUT2D eigenvalue weighted by Crippen LogP contribution is -2.26. The number of amides is 1. The molecule has 2 aromatic rings. The minimum atomic E-state index is -0.458. The highest BCUT2D eigenvalue weighted by molar-refractivity contribution is 6.33. The zero-order valence-electron chi connectivity index (χ0n) is 12.0. The van der Waals surface area contributed by atoms with Crippen LogP contribution in [0.2, 0.25) is 5.02 Å². The Morgan fingerprint density at radius 2 is 2.09 bits per heavy atom. The van der Waals surface area contributed by atoms with Gasteiger partial charge in [0.2, 0.25) is 0 Å². The molecule has 0 heterocycles. The number of carbonyl (C=O) groups is 1. The normalized spacial score (nSPS) is 19.6. The summed E-state index contributed by atoms with van der Waals surface area (Å²) < 4.78 is 18.4. The summed E-state index contributed by atoms with van der Waals surface area (Å²) in [4.78, 5) is 12.2. The minimum Gasteiger partial charge on any atom is -0.496 e. The Morgan fingerprint density at radius 3 is 2.82 bits per heavy atom. The molecule has 1 fully saturated rings. The van der Waals surface area contributed by atoms with Gasteiger partial charge in [0.15, 0.2) is 0 Å². The van der Waals surface area contributed by atoms with Gasteiger partial charge in [0.25, 0.3) is 5.91 Å². The van der Waals surface area contributed by atoms with Crippen molar-refractivity contribution in [1.29, 1.82) is 0 Å². The molecule has 1 aliphatic carbocycles. The van der Waals surface area contributed by atoms with E-state index in [0.29, 0.717) is 0 Å². The SMILES string of the molecule is COc1ccccc1[C@H]1C[C@@H]1NC(=O)c1ccc(F)cc1Cl. The summed E-state index contributed by atoms with van der Waals surface area (Å²) in [6.07, 6.45) is 0.852. The summed E-state index contributed by atoms with van der Waals surface area (Å²) in [6.45, 7) is 0. The van der Waals surface area contributed by atoms with Crippen LogP contribution in [-0.2, 0) is 0 Å². The van der Waals surface area contributed by atoms with Crippen LogP contribution in [-0.4, -0.2) is 19.1 Å². The topological polar surface area (TPSA) is 38.3 Å². The highest BCUT2D eigenvalue weighted by Gasteiger charge is 2.41. The second-order valence-corrected chi connectivity index (χ2v) is 5.70. The molecule has 5 heteroatoms. The first kappa shape index (κ1) is 14.9. The molecule has 0 spiro atoms. The van der Waals surface area contributed by atoms with Gasteiger partial charge in [0.1, 0.15) is 11.6 Å². The van der Waals surface area contributed by atoms with Gasteiger partial charge in [0.05, 0.1) is 17.7 Å². The number of halogens is 2. The first-order chi connectivity index (χ1) is 10.6. The predicted octanol–water partition coefficient (Wildman–Crippen LogP) is 3.77. The van der Waals surface area contributed by atoms with Crippen LogP contribution >= 0.6 is 11.6 Å². The molecule has 1 amide bonds. The largest absolute Gasteiger partial charge is 0.496 e. The molecular formula is C17H15ClFNO2. The fourth-order valence-electron chi connectivity index (χ4n) is 2.59. The van der Waals surface area contributed by atoms with E-state index in [1.807, 2.05) is 24.3 Å². The van der Waals surface area contributed by atoms with E-state index in [-0.39, 0.29) is 28.5 Å². The Hall–Kier alpha value is -2.07. The number of rotatable bonds is 4. The Bertz CT molecular complexity index is 720. The molecule has 1 N–H and O–H groups in total. The third kappa shape index (κ3) is 2.92. The van der Waals surface area contributed by atoms with E-state index in [1.54, 1.807) is 7.11 Å². The second kappa shape index (κ2) is 5.97. The van der Waals surface area contributed by atoms with Gasteiger partial charge in [-0.15, -0.1) is 0 Å². The van der Waals surface area contributed by atoms with E-state index < -0.39 is 5.82 Å². The molecule has 0 saturated heterocycles. The fourth-order valence-corrected chi connectivity index (χ4v) is 2.84. The first-order valence-electron chi connectivity index (χ1n) is 6.99. The van der Waals surface area contributed by atoms with Crippen LogP contribution in [0.15, 0.2) is 42.5 Å². The van der Waals surface area contributed by atoms with Crippen LogP contribution in [0.1, 0.15) is 28.3 Å². The molecule has 2 aromatic carbocycles. The summed E-state index contributed by atoms with van der Waals surface area (Å²) in [7, 11) is 1.63. The van der Waals surface area contributed by atoms with Crippen molar-refractivity contribution in [3.8, 4) is 5.75 Å². The lowest BCUT2D eigenvalue weighted by Gasteiger charge is -2.09. The number of carbonyl (C=O) groups excluding carboxylic acids is 1. The number of methoxy groups -OCH3 is 1. The molecule has 0 aliphatic heterocycles. The fraction of sp³-hybridized carbons (Fsp3) is 0.235. The molecule has 114 valence electrons. The van der Waals surface area contributed by atoms with Gasteiger partial charge in [-0.2, -0.15) is 0 Å². The van der Waals surface area contributed by atoms with Crippen LogP contribution in [0.5, 0.6) is 5.75 Å². The standard InChI is InChI=1S/C17H15ClFNO2/c1-22-16-5-3-2-4-11(16)13-9-15(13)20-17(21)12-7-6-10(19)8-14(12)18/h2-8,13,15H,9H2,1H3,(H,20,21)/t13-,15+/m1/s1. The van der Waals surface area contributed by atoms with Crippen molar-refractivity contribution in [3.05, 3.63) is 64.4 Å². The molecule has 3 rings (SSSR count). The maximum Gasteiger partial charge on any atom is 0.253 e. The lowest BCUT2D eigenvalue weighted by atomic mass is 10.1. The quantitative estimate of drug-likeness (QED) is 0.931. The van der Waals surface area contributed by atoms with Gasteiger partial charge < -0.3 is 10.1 Å². The first-order valence-corrected chi connectivity index (χ1v) is 7.36. The average Bonchev–Trinajstić information content (AvgIpc) is 3.26. The minimum absolute atomic E-state index is 0.0462.